The summed E-state index contributed by atoms with van der Waals surface area (Å²) in [6.07, 6.45) is 2.43. The van der Waals surface area contributed by atoms with E-state index in [9.17, 15) is 4.79 Å². The third-order valence-corrected chi connectivity index (χ3v) is 4.54. The van der Waals surface area contributed by atoms with Crippen LogP contribution in [-0.2, 0) is 6.54 Å². The van der Waals surface area contributed by atoms with Crippen LogP contribution in [0, 0.1) is 0 Å². The Labute approximate surface area is 138 Å². The second kappa shape index (κ2) is 7.15. The van der Waals surface area contributed by atoms with E-state index in [0.29, 0.717) is 12.1 Å². The molecule has 23 heavy (non-hydrogen) atoms. The number of carbonyl (C=O) groups excluding carboxylic acids is 1. The van der Waals surface area contributed by atoms with E-state index in [2.05, 4.69) is 27.8 Å². The number of rotatable bonds is 6. The van der Waals surface area contributed by atoms with Gasteiger partial charge in [-0.25, -0.2) is 4.68 Å². The number of amides is 1. The number of nitrogens with zero attached hydrogens (tertiary/aromatic N) is 4. The second-order valence-corrected chi connectivity index (χ2v) is 6.13. The van der Waals surface area contributed by atoms with Crippen molar-refractivity contribution in [3.05, 3.63) is 64.1 Å². The van der Waals surface area contributed by atoms with Gasteiger partial charge < -0.3 is 5.32 Å². The minimum absolute atomic E-state index is 0.0563. The summed E-state index contributed by atoms with van der Waals surface area (Å²) in [6.45, 7) is 2.65. The van der Waals surface area contributed by atoms with Crippen LogP contribution >= 0.6 is 11.3 Å². The molecule has 0 aliphatic carbocycles. The Kier molecular flexibility index (Phi) is 4.77. The zero-order valence-corrected chi connectivity index (χ0v) is 13.5. The van der Waals surface area contributed by atoms with Crippen LogP contribution in [-0.4, -0.2) is 26.1 Å². The molecule has 0 saturated carbocycles. The van der Waals surface area contributed by atoms with Gasteiger partial charge in [0.15, 0.2) is 0 Å². The summed E-state index contributed by atoms with van der Waals surface area (Å²) in [5.41, 5.74) is 1.69. The first kappa shape index (κ1) is 15.4. The van der Waals surface area contributed by atoms with Crippen molar-refractivity contribution in [1.29, 1.82) is 0 Å². The summed E-state index contributed by atoms with van der Waals surface area (Å²) >= 11 is 1.66. The van der Waals surface area contributed by atoms with E-state index < -0.39 is 0 Å². The number of aromatic nitrogens is 4. The van der Waals surface area contributed by atoms with Crippen molar-refractivity contribution in [2.45, 2.75) is 25.9 Å². The van der Waals surface area contributed by atoms with Crippen LogP contribution in [0.3, 0.4) is 0 Å². The summed E-state index contributed by atoms with van der Waals surface area (Å²) in [6, 6.07) is 11.6. The van der Waals surface area contributed by atoms with Crippen LogP contribution < -0.4 is 5.32 Å². The summed E-state index contributed by atoms with van der Waals surface area (Å²) in [5, 5.41) is 16.1. The number of hydrogen-bond donors (Lipinski definition) is 1. The molecule has 0 bridgehead atoms. The first-order valence-corrected chi connectivity index (χ1v) is 8.28. The Balaban J connectivity index is 1.65. The van der Waals surface area contributed by atoms with Gasteiger partial charge in [-0.3, -0.25) is 4.79 Å². The van der Waals surface area contributed by atoms with Gasteiger partial charge in [-0.1, -0.05) is 25.1 Å². The van der Waals surface area contributed by atoms with Gasteiger partial charge in [0.05, 0.1) is 12.6 Å². The fraction of sp³-hybridized carbons (Fsp3) is 0.250. The number of tetrazole rings is 1. The third kappa shape index (κ3) is 3.81. The summed E-state index contributed by atoms with van der Waals surface area (Å²) < 4.78 is 1.64. The van der Waals surface area contributed by atoms with Crippen LogP contribution in [0.4, 0.5) is 0 Å². The molecule has 1 N–H and O–H groups in total. The maximum Gasteiger partial charge on any atom is 0.251 e. The van der Waals surface area contributed by atoms with E-state index in [-0.39, 0.29) is 11.9 Å². The Bertz CT molecular complexity index is 737. The topological polar surface area (TPSA) is 72.7 Å². The van der Waals surface area contributed by atoms with Crippen molar-refractivity contribution in [3.8, 4) is 0 Å². The number of carbonyl (C=O) groups is 1. The van der Waals surface area contributed by atoms with Crippen molar-refractivity contribution >= 4 is 17.2 Å². The standard InChI is InChI=1S/C16H17N5OS/c1-2-14(15-4-3-9-23-15)18-16(22)13-7-5-12(6-8-13)10-21-11-17-19-20-21/h3-9,11,14H,2,10H2,1H3,(H,18,22)/t14-/m1/s1. The molecule has 7 heteroatoms. The van der Waals surface area contributed by atoms with E-state index in [1.807, 2.05) is 41.8 Å². The van der Waals surface area contributed by atoms with Crippen molar-refractivity contribution in [1.82, 2.24) is 25.5 Å². The smallest absolute Gasteiger partial charge is 0.251 e. The molecular weight excluding hydrogens is 310 g/mol. The largest absolute Gasteiger partial charge is 0.344 e. The van der Waals surface area contributed by atoms with Gasteiger partial charge in [0.2, 0.25) is 0 Å². The lowest BCUT2D eigenvalue weighted by molar-refractivity contribution is 0.0936. The molecule has 1 aromatic carbocycles. The van der Waals surface area contributed by atoms with Gasteiger partial charge in [0, 0.05) is 10.4 Å². The molecule has 0 aliphatic rings. The molecule has 2 heterocycles. The third-order valence-electron chi connectivity index (χ3n) is 3.55. The van der Waals surface area contributed by atoms with Crippen molar-refractivity contribution in [2.24, 2.45) is 0 Å². The van der Waals surface area contributed by atoms with E-state index >= 15 is 0 Å². The Hall–Kier alpha value is -2.54. The quantitative estimate of drug-likeness (QED) is 0.755. The fourth-order valence-corrected chi connectivity index (χ4v) is 3.17. The molecule has 0 fully saturated rings. The summed E-state index contributed by atoms with van der Waals surface area (Å²) in [5.74, 6) is -0.0563. The van der Waals surface area contributed by atoms with Crippen LogP contribution in [0.25, 0.3) is 0 Å². The highest BCUT2D eigenvalue weighted by Crippen LogP contribution is 2.22. The van der Waals surface area contributed by atoms with Crippen LogP contribution in [0.1, 0.15) is 40.2 Å². The van der Waals surface area contributed by atoms with E-state index in [1.54, 1.807) is 22.3 Å². The molecule has 2 aromatic heterocycles. The number of benzene rings is 1. The number of hydrogen-bond acceptors (Lipinski definition) is 5. The van der Waals surface area contributed by atoms with Crippen LogP contribution in [0.5, 0.6) is 0 Å². The second-order valence-electron chi connectivity index (χ2n) is 5.15. The molecule has 0 unspecified atom stereocenters. The highest BCUT2D eigenvalue weighted by atomic mass is 32.1. The maximum atomic E-state index is 12.4. The highest BCUT2D eigenvalue weighted by Gasteiger charge is 2.14. The first-order chi connectivity index (χ1) is 11.3. The van der Waals surface area contributed by atoms with Crippen molar-refractivity contribution in [2.75, 3.05) is 0 Å². The molecule has 0 radical (unpaired) electrons. The van der Waals surface area contributed by atoms with Crippen molar-refractivity contribution in [3.63, 3.8) is 0 Å². The normalized spacial score (nSPS) is 12.0. The van der Waals surface area contributed by atoms with E-state index in [1.165, 1.54) is 4.88 Å². The zero-order chi connectivity index (χ0) is 16.1. The number of nitrogens with one attached hydrogen (secondary N) is 1. The monoisotopic (exact) mass is 327 g/mol. The minimum Gasteiger partial charge on any atom is -0.344 e. The van der Waals surface area contributed by atoms with Gasteiger partial charge in [0.1, 0.15) is 6.33 Å². The van der Waals surface area contributed by atoms with Crippen molar-refractivity contribution < 1.29 is 4.79 Å². The van der Waals surface area contributed by atoms with E-state index in [0.717, 1.165) is 12.0 Å². The minimum atomic E-state index is -0.0563. The molecule has 1 atom stereocenters. The predicted molar refractivity (Wildman–Crippen MR) is 88.2 cm³/mol. The van der Waals surface area contributed by atoms with Gasteiger partial charge in [0.25, 0.3) is 5.91 Å². The average molecular weight is 327 g/mol. The molecule has 0 aliphatic heterocycles. The fourth-order valence-electron chi connectivity index (χ4n) is 2.31. The lowest BCUT2D eigenvalue weighted by Crippen LogP contribution is -2.27. The van der Waals surface area contributed by atoms with Gasteiger partial charge in [-0.15, -0.1) is 16.4 Å². The zero-order valence-electron chi connectivity index (χ0n) is 12.7. The summed E-state index contributed by atoms with van der Waals surface area (Å²) in [7, 11) is 0. The molecule has 0 spiro atoms. The Morgan fingerprint density at radius 1 is 1.30 bits per heavy atom. The lowest BCUT2D eigenvalue weighted by Gasteiger charge is -2.15. The Morgan fingerprint density at radius 3 is 2.74 bits per heavy atom. The molecular formula is C16H17N5OS. The van der Waals surface area contributed by atoms with Crippen LogP contribution in [0.2, 0.25) is 0 Å². The van der Waals surface area contributed by atoms with E-state index in [4.69, 9.17) is 0 Å². The molecule has 6 nitrogen and oxygen atoms in total. The maximum absolute atomic E-state index is 12.4. The molecule has 0 saturated heterocycles. The highest BCUT2D eigenvalue weighted by molar-refractivity contribution is 7.10. The van der Waals surface area contributed by atoms with Gasteiger partial charge in [-0.2, -0.15) is 0 Å². The lowest BCUT2D eigenvalue weighted by atomic mass is 10.1. The average Bonchev–Trinajstić information content (AvgIpc) is 3.26. The Morgan fingerprint density at radius 2 is 2.13 bits per heavy atom. The first-order valence-electron chi connectivity index (χ1n) is 7.40. The van der Waals surface area contributed by atoms with Crippen LogP contribution in [0.15, 0.2) is 48.1 Å². The van der Waals surface area contributed by atoms with Gasteiger partial charge in [-0.05, 0) is 46.0 Å². The molecule has 3 rings (SSSR count). The molecule has 3 aromatic rings. The number of thiophene rings is 1. The molecule has 118 valence electrons. The predicted octanol–water partition coefficient (Wildman–Crippen LogP) is 2.66. The summed E-state index contributed by atoms with van der Waals surface area (Å²) in [4.78, 5) is 13.6. The molecule has 1 amide bonds. The van der Waals surface area contributed by atoms with Gasteiger partial charge >= 0.3 is 0 Å². The SMILES string of the molecule is CC[C@@H](NC(=O)c1ccc(Cn2cnnn2)cc1)c1cccs1.